The molecule has 3 aromatic carbocycles. The zero-order valence-electron chi connectivity index (χ0n) is 23.8. The molecule has 0 aliphatic carbocycles. The molecule has 10 nitrogen and oxygen atoms in total. The van der Waals surface area contributed by atoms with Gasteiger partial charge in [-0.2, -0.15) is 0 Å². The van der Waals surface area contributed by atoms with Gasteiger partial charge in [-0.1, -0.05) is 13.0 Å². The fourth-order valence-corrected chi connectivity index (χ4v) is 5.07. The Labute approximate surface area is 244 Å². The molecule has 3 atom stereocenters. The predicted octanol–water partition coefficient (Wildman–Crippen LogP) is 4.55. The minimum Gasteiger partial charge on any atom is -0.488 e. The summed E-state index contributed by atoms with van der Waals surface area (Å²) >= 11 is 0. The van der Waals surface area contributed by atoms with Gasteiger partial charge in [0, 0.05) is 36.9 Å². The molecular weight excluding hydrogens is 543 g/mol. The lowest BCUT2D eigenvalue weighted by molar-refractivity contribution is 0.0341. The Kier molecular flexibility index (Phi) is 8.79. The third kappa shape index (κ3) is 6.75. The van der Waals surface area contributed by atoms with E-state index in [0.717, 1.165) is 17.1 Å². The Bertz CT molecular complexity index is 1440. The first-order valence-corrected chi connectivity index (χ1v) is 13.8. The molecule has 0 fully saturated rings. The Morgan fingerprint density at radius 1 is 1.05 bits per heavy atom. The van der Waals surface area contributed by atoms with Crippen LogP contribution in [0.2, 0.25) is 0 Å². The molecule has 0 spiro atoms. The lowest BCUT2D eigenvalue weighted by Gasteiger charge is -2.38. The average Bonchev–Trinajstić information content (AvgIpc) is 3.44. The number of aliphatic hydroxyl groups excluding tert-OH is 1. The number of likely N-dealkylation sites (N-methyl/N-ethyl adjacent to an activating group) is 1. The van der Waals surface area contributed by atoms with Crippen molar-refractivity contribution in [2.24, 2.45) is 5.92 Å². The van der Waals surface area contributed by atoms with Crippen LogP contribution >= 0.6 is 0 Å². The molecule has 11 heteroatoms. The number of carbonyl (C=O) groups excluding carboxylic acids is 2. The van der Waals surface area contributed by atoms with Gasteiger partial charge in [0.05, 0.1) is 18.2 Å². The van der Waals surface area contributed by atoms with E-state index in [4.69, 9.17) is 14.2 Å². The maximum Gasteiger partial charge on any atom is 0.323 e. The number of carbonyl (C=O) groups is 2. The van der Waals surface area contributed by atoms with E-state index in [0.29, 0.717) is 36.8 Å². The molecule has 3 amide bonds. The molecule has 0 aromatic heterocycles. The van der Waals surface area contributed by atoms with Gasteiger partial charge >= 0.3 is 6.03 Å². The van der Waals surface area contributed by atoms with Gasteiger partial charge in [0.25, 0.3) is 5.91 Å². The molecule has 0 radical (unpaired) electrons. The number of urea groups is 1. The van der Waals surface area contributed by atoms with Crippen LogP contribution in [-0.4, -0.2) is 72.5 Å². The van der Waals surface area contributed by atoms with Crippen molar-refractivity contribution in [2.45, 2.75) is 32.5 Å². The highest BCUT2D eigenvalue weighted by Gasteiger charge is 2.33. The van der Waals surface area contributed by atoms with Crippen LogP contribution in [-0.2, 0) is 6.54 Å². The van der Waals surface area contributed by atoms with Gasteiger partial charge in [-0.15, -0.1) is 0 Å². The lowest BCUT2D eigenvalue weighted by Crippen LogP contribution is -2.49. The highest BCUT2D eigenvalue weighted by molar-refractivity contribution is 6.02. The van der Waals surface area contributed by atoms with Crippen molar-refractivity contribution in [3.63, 3.8) is 0 Å². The minimum absolute atomic E-state index is 0.0467. The number of nitrogens with zero attached hydrogens (tertiary/aromatic N) is 2. The summed E-state index contributed by atoms with van der Waals surface area (Å²) < 4.78 is 30.6. The van der Waals surface area contributed by atoms with Crippen LogP contribution in [0.15, 0.2) is 60.7 Å². The van der Waals surface area contributed by atoms with Crippen molar-refractivity contribution in [1.82, 2.24) is 9.80 Å². The number of fused-ring (bicyclic) bond motifs is 2. The Hall–Kier alpha value is -4.35. The summed E-state index contributed by atoms with van der Waals surface area (Å²) in [6.07, 6.45) is -0.273. The second-order valence-electron chi connectivity index (χ2n) is 10.8. The summed E-state index contributed by atoms with van der Waals surface area (Å²) in [5, 5.41) is 15.3. The molecule has 0 unspecified atom stereocenters. The summed E-state index contributed by atoms with van der Waals surface area (Å²) in [6.45, 7) is 5.46. The van der Waals surface area contributed by atoms with Crippen molar-refractivity contribution in [3.05, 3.63) is 77.6 Å². The van der Waals surface area contributed by atoms with E-state index in [1.807, 2.05) is 32.2 Å². The second-order valence-corrected chi connectivity index (χ2v) is 10.8. The molecule has 0 bridgehead atoms. The van der Waals surface area contributed by atoms with E-state index in [9.17, 15) is 19.1 Å². The summed E-state index contributed by atoms with van der Waals surface area (Å²) in [5.74, 6) is 1.11. The number of hydrogen-bond donors (Lipinski definition) is 3. The van der Waals surface area contributed by atoms with E-state index in [-0.39, 0.29) is 36.9 Å². The fourth-order valence-electron chi connectivity index (χ4n) is 5.07. The van der Waals surface area contributed by atoms with E-state index in [1.54, 1.807) is 30.0 Å². The maximum atomic E-state index is 13.7. The van der Waals surface area contributed by atoms with Gasteiger partial charge < -0.3 is 34.9 Å². The summed E-state index contributed by atoms with van der Waals surface area (Å²) in [5.41, 5.74) is 2.16. The molecule has 5 rings (SSSR count). The molecule has 0 saturated carbocycles. The number of rotatable bonds is 8. The molecule has 3 N–H and O–H groups in total. The lowest BCUT2D eigenvalue weighted by atomic mass is 9.99. The van der Waals surface area contributed by atoms with Crippen LogP contribution in [0.3, 0.4) is 0 Å². The first-order valence-electron chi connectivity index (χ1n) is 13.8. The van der Waals surface area contributed by atoms with Gasteiger partial charge in [0.2, 0.25) is 6.79 Å². The van der Waals surface area contributed by atoms with Crippen molar-refractivity contribution in [1.29, 1.82) is 0 Å². The first-order chi connectivity index (χ1) is 20.2. The zero-order valence-corrected chi connectivity index (χ0v) is 23.8. The van der Waals surface area contributed by atoms with Gasteiger partial charge in [0.1, 0.15) is 17.7 Å². The van der Waals surface area contributed by atoms with Crippen LogP contribution in [0.4, 0.5) is 20.6 Å². The molecular formula is C31H35FN4O6. The second kappa shape index (κ2) is 12.7. The van der Waals surface area contributed by atoms with Gasteiger partial charge in [-0.05, 0) is 74.1 Å². The Balaban J connectivity index is 1.34. The Morgan fingerprint density at radius 3 is 2.50 bits per heavy atom. The average molecular weight is 579 g/mol. The zero-order chi connectivity index (χ0) is 29.8. The molecule has 42 heavy (non-hydrogen) atoms. The molecule has 2 aliphatic heterocycles. The topological polar surface area (TPSA) is 113 Å². The number of nitrogens with one attached hydrogen (secondary N) is 2. The third-order valence-electron chi connectivity index (χ3n) is 7.41. The molecule has 0 saturated heterocycles. The molecule has 2 heterocycles. The molecule has 3 aromatic rings. The first kappa shape index (κ1) is 29.2. The minimum atomic E-state index is -0.544. The summed E-state index contributed by atoms with van der Waals surface area (Å²) in [7, 11) is 2.01. The standard InChI is InChI=1S/C31H35FN4O6/c1-19-14-36(20(2)17-37)30(38)25-13-24(34-31(39)33-23-7-5-22(32)6-8-23)9-11-26(25)42-29(19)16-35(3)15-21-4-10-27-28(12-21)41-18-40-27/h4-13,19-20,29,37H,14-18H2,1-3H3,(H2,33,34,39)/t19-,20+,29-/m0/s1. The normalized spacial score (nSPS) is 18.5. The maximum absolute atomic E-state index is 13.7. The predicted molar refractivity (Wildman–Crippen MR) is 156 cm³/mol. The number of anilines is 2. The van der Waals surface area contributed by atoms with Gasteiger partial charge in [-0.25, -0.2) is 9.18 Å². The quantitative estimate of drug-likeness (QED) is 0.360. The van der Waals surface area contributed by atoms with Crippen molar-refractivity contribution < 1.29 is 33.3 Å². The van der Waals surface area contributed by atoms with Crippen molar-refractivity contribution >= 4 is 23.3 Å². The van der Waals surface area contributed by atoms with Crippen LogP contribution in [0.1, 0.15) is 29.8 Å². The highest BCUT2D eigenvalue weighted by atomic mass is 19.1. The SMILES string of the molecule is C[C@H](CO)N1C[C@H](C)[C@H](CN(C)Cc2ccc3c(c2)OCO3)Oc2ccc(NC(=O)Nc3ccc(F)cc3)cc2C1=O. The monoisotopic (exact) mass is 578 g/mol. The fraction of sp³-hybridized carbons (Fsp3) is 0.355. The largest absolute Gasteiger partial charge is 0.488 e. The van der Waals surface area contributed by atoms with E-state index in [1.165, 1.54) is 24.3 Å². The summed E-state index contributed by atoms with van der Waals surface area (Å²) in [4.78, 5) is 30.1. The number of aliphatic hydroxyl groups is 1. The van der Waals surface area contributed by atoms with Crippen LogP contribution in [0.25, 0.3) is 0 Å². The number of hydrogen-bond acceptors (Lipinski definition) is 7. The number of ether oxygens (including phenoxy) is 3. The molecule has 2 aliphatic rings. The summed E-state index contributed by atoms with van der Waals surface area (Å²) in [6, 6.07) is 15.2. The van der Waals surface area contributed by atoms with Crippen LogP contribution in [0, 0.1) is 11.7 Å². The van der Waals surface area contributed by atoms with Crippen molar-refractivity contribution in [2.75, 3.05) is 44.2 Å². The number of amides is 3. The van der Waals surface area contributed by atoms with E-state index < -0.39 is 17.9 Å². The molecule has 222 valence electrons. The Morgan fingerprint density at radius 2 is 1.74 bits per heavy atom. The third-order valence-corrected chi connectivity index (χ3v) is 7.41. The van der Waals surface area contributed by atoms with Crippen LogP contribution < -0.4 is 24.8 Å². The van der Waals surface area contributed by atoms with Crippen LogP contribution in [0.5, 0.6) is 17.2 Å². The smallest absolute Gasteiger partial charge is 0.323 e. The number of halogens is 1. The van der Waals surface area contributed by atoms with E-state index in [2.05, 4.69) is 15.5 Å². The van der Waals surface area contributed by atoms with Gasteiger partial charge in [0.15, 0.2) is 11.5 Å². The highest BCUT2D eigenvalue weighted by Crippen LogP contribution is 2.34. The van der Waals surface area contributed by atoms with Gasteiger partial charge in [-0.3, -0.25) is 9.69 Å². The van der Waals surface area contributed by atoms with Crippen molar-refractivity contribution in [3.8, 4) is 17.2 Å². The number of benzene rings is 3. The van der Waals surface area contributed by atoms with E-state index >= 15 is 0 Å².